The minimum absolute atomic E-state index is 0.0586. The van der Waals surface area contributed by atoms with Crippen LogP contribution in [-0.2, 0) is 17.1 Å². The summed E-state index contributed by atoms with van der Waals surface area (Å²) in [6.45, 7) is 4.04. The number of piperazine rings is 1. The molecule has 0 amide bonds. The molecule has 4 rings (SSSR count). The maximum Gasteiger partial charge on any atom is 0.261 e. The summed E-state index contributed by atoms with van der Waals surface area (Å²) in [6, 6.07) is 6.25. The van der Waals surface area contributed by atoms with Gasteiger partial charge < -0.3 is 9.47 Å². The van der Waals surface area contributed by atoms with Crippen molar-refractivity contribution in [1.82, 2.24) is 28.7 Å². The fourth-order valence-electron chi connectivity index (χ4n) is 3.64. The van der Waals surface area contributed by atoms with Crippen molar-refractivity contribution in [3.63, 3.8) is 0 Å². The van der Waals surface area contributed by atoms with Crippen molar-refractivity contribution in [2.75, 3.05) is 51.2 Å². The Morgan fingerprint density at radius 1 is 1.03 bits per heavy atom. The second kappa shape index (κ2) is 9.31. The highest BCUT2D eigenvalue weighted by Crippen LogP contribution is 2.27. The number of halogens is 1. The highest BCUT2D eigenvalue weighted by molar-refractivity contribution is 7.89. The molecular formula is C21H26FN7O2S. The van der Waals surface area contributed by atoms with E-state index in [2.05, 4.69) is 24.8 Å². The molecule has 0 atom stereocenters. The van der Waals surface area contributed by atoms with Crippen LogP contribution in [0.5, 0.6) is 0 Å². The van der Waals surface area contributed by atoms with E-state index in [0.717, 1.165) is 43.3 Å². The fourth-order valence-corrected chi connectivity index (χ4v) is 4.76. The van der Waals surface area contributed by atoms with Gasteiger partial charge in [0.25, 0.3) is 10.0 Å². The quantitative estimate of drug-likeness (QED) is 0.529. The Morgan fingerprint density at radius 2 is 1.72 bits per heavy atom. The predicted octanol–water partition coefficient (Wildman–Crippen LogP) is 1.46. The molecule has 9 nitrogen and oxygen atoms in total. The van der Waals surface area contributed by atoms with Crippen LogP contribution < -0.4 is 4.90 Å². The Bertz CT molecular complexity index is 1160. The summed E-state index contributed by atoms with van der Waals surface area (Å²) < 4.78 is 41.5. The van der Waals surface area contributed by atoms with Crippen LogP contribution in [0, 0.1) is 5.82 Å². The normalized spacial score (nSPS) is 15.4. The second-order valence-corrected chi connectivity index (χ2v) is 9.76. The molecule has 0 unspecified atom stereocenters. The molecule has 11 heteroatoms. The Balaban J connectivity index is 1.36. The zero-order valence-electron chi connectivity index (χ0n) is 18.1. The number of aromatic nitrogens is 4. The number of hydrogen-bond donors (Lipinski definition) is 0. The first-order valence-electron chi connectivity index (χ1n) is 10.3. The zero-order chi connectivity index (χ0) is 22.7. The SMILES string of the molecule is CN(CCN1CCN(c2nccnc2-c2ccc(F)cc2)CC1)S(=O)(=O)c1cn(C)cn1. The molecule has 1 aliphatic rings. The molecule has 0 N–H and O–H groups in total. The van der Waals surface area contributed by atoms with E-state index >= 15 is 0 Å². The van der Waals surface area contributed by atoms with Crippen LogP contribution in [-0.4, -0.2) is 83.5 Å². The third-order valence-corrected chi connectivity index (χ3v) is 7.30. The minimum Gasteiger partial charge on any atom is -0.352 e. The van der Waals surface area contributed by atoms with Crippen LogP contribution in [0.2, 0.25) is 0 Å². The van der Waals surface area contributed by atoms with Crippen LogP contribution in [0.15, 0.2) is 54.2 Å². The molecule has 1 saturated heterocycles. The lowest BCUT2D eigenvalue weighted by Crippen LogP contribution is -2.49. The number of hydrogen-bond acceptors (Lipinski definition) is 7. The van der Waals surface area contributed by atoms with E-state index in [1.165, 1.54) is 29.0 Å². The maximum absolute atomic E-state index is 13.3. The van der Waals surface area contributed by atoms with Crippen LogP contribution in [0.25, 0.3) is 11.3 Å². The number of sulfonamides is 1. The summed E-state index contributed by atoms with van der Waals surface area (Å²) in [5.41, 5.74) is 1.54. The van der Waals surface area contributed by atoms with Crippen LogP contribution in [0.3, 0.4) is 0 Å². The molecule has 0 radical (unpaired) electrons. The molecule has 170 valence electrons. The van der Waals surface area contributed by atoms with E-state index in [9.17, 15) is 12.8 Å². The van der Waals surface area contributed by atoms with Gasteiger partial charge in [0.15, 0.2) is 10.8 Å². The van der Waals surface area contributed by atoms with Gasteiger partial charge in [-0.1, -0.05) is 0 Å². The molecular weight excluding hydrogens is 433 g/mol. The standard InChI is InChI=1S/C21H26FN7O2S/c1-26-15-19(25-16-26)32(30,31)27(2)9-10-28-11-13-29(14-12-28)21-20(23-7-8-24-21)17-3-5-18(22)6-4-17/h3-8,15-16H,9-14H2,1-2H3. The van der Waals surface area contributed by atoms with Crippen LogP contribution in [0.4, 0.5) is 10.2 Å². The molecule has 32 heavy (non-hydrogen) atoms. The smallest absolute Gasteiger partial charge is 0.261 e. The molecule has 1 fully saturated rings. The fraction of sp³-hybridized carbons (Fsp3) is 0.381. The molecule has 3 heterocycles. The Morgan fingerprint density at radius 3 is 2.38 bits per heavy atom. The average Bonchev–Trinajstić information content (AvgIpc) is 3.25. The highest BCUT2D eigenvalue weighted by atomic mass is 32.2. The summed E-state index contributed by atoms with van der Waals surface area (Å²) in [5.74, 6) is 0.483. The minimum atomic E-state index is -3.59. The van der Waals surface area contributed by atoms with Gasteiger partial charge in [-0.3, -0.25) is 9.88 Å². The lowest BCUT2D eigenvalue weighted by atomic mass is 10.1. The number of nitrogens with zero attached hydrogens (tertiary/aromatic N) is 7. The van der Waals surface area contributed by atoms with E-state index in [1.54, 1.807) is 43.2 Å². The summed E-state index contributed by atoms with van der Waals surface area (Å²) >= 11 is 0. The van der Waals surface area contributed by atoms with E-state index in [0.29, 0.717) is 13.1 Å². The van der Waals surface area contributed by atoms with Gasteiger partial charge in [0.1, 0.15) is 11.5 Å². The lowest BCUT2D eigenvalue weighted by molar-refractivity contribution is 0.243. The van der Waals surface area contributed by atoms with Crippen molar-refractivity contribution < 1.29 is 12.8 Å². The van der Waals surface area contributed by atoms with Gasteiger partial charge >= 0.3 is 0 Å². The van der Waals surface area contributed by atoms with E-state index in [1.807, 2.05) is 0 Å². The summed E-state index contributed by atoms with van der Waals surface area (Å²) in [5, 5.41) is 0.0586. The number of rotatable bonds is 7. The highest BCUT2D eigenvalue weighted by Gasteiger charge is 2.25. The van der Waals surface area contributed by atoms with Crippen molar-refractivity contribution in [1.29, 1.82) is 0 Å². The van der Waals surface area contributed by atoms with Gasteiger partial charge in [-0.05, 0) is 24.3 Å². The lowest BCUT2D eigenvalue weighted by Gasteiger charge is -2.36. The third-order valence-electron chi connectivity index (χ3n) is 5.56. The van der Waals surface area contributed by atoms with Crippen LogP contribution >= 0.6 is 0 Å². The van der Waals surface area contributed by atoms with Gasteiger partial charge in [0, 0.05) is 77.5 Å². The van der Waals surface area contributed by atoms with Crippen molar-refractivity contribution in [2.45, 2.75) is 5.03 Å². The van der Waals surface area contributed by atoms with E-state index in [4.69, 9.17) is 0 Å². The number of imidazole rings is 1. The number of likely N-dealkylation sites (N-methyl/N-ethyl adjacent to an activating group) is 1. The Labute approximate surface area is 187 Å². The Hall–Kier alpha value is -2.89. The first-order chi connectivity index (χ1) is 15.3. The second-order valence-electron chi connectivity index (χ2n) is 7.77. The summed E-state index contributed by atoms with van der Waals surface area (Å²) in [6.07, 6.45) is 6.28. The molecule has 0 bridgehead atoms. The van der Waals surface area contributed by atoms with Gasteiger partial charge in [0.2, 0.25) is 0 Å². The van der Waals surface area contributed by atoms with Gasteiger partial charge in [-0.15, -0.1) is 0 Å². The molecule has 0 spiro atoms. The molecule has 0 aliphatic carbocycles. The number of anilines is 1. The maximum atomic E-state index is 13.3. The number of aryl methyl sites for hydroxylation is 1. The monoisotopic (exact) mass is 459 g/mol. The van der Waals surface area contributed by atoms with Gasteiger partial charge in [-0.2, -0.15) is 4.31 Å². The van der Waals surface area contributed by atoms with Crippen molar-refractivity contribution >= 4 is 15.8 Å². The Kier molecular flexibility index (Phi) is 6.49. The third kappa shape index (κ3) is 4.79. The topological polar surface area (TPSA) is 87.5 Å². The first-order valence-corrected chi connectivity index (χ1v) is 11.8. The largest absolute Gasteiger partial charge is 0.352 e. The van der Waals surface area contributed by atoms with Crippen LogP contribution in [0.1, 0.15) is 0 Å². The van der Waals surface area contributed by atoms with Crippen molar-refractivity contribution in [3.8, 4) is 11.3 Å². The van der Waals surface area contributed by atoms with E-state index in [-0.39, 0.29) is 10.8 Å². The first kappa shape index (κ1) is 22.3. The van der Waals surface area contributed by atoms with Crippen molar-refractivity contribution in [3.05, 3.63) is 55.0 Å². The summed E-state index contributed by atoms with van der Waals surface area (Å²) in [4.78, 5) is 17.4. The van der Waals surface area contributed by atoms with Crippen molar-refractivity contribution in [2.24, 2.45) is 7.05 Å². The molecule has 1 aromatic carbocycles. The zero-order valence-corrected chi connectivity index (χ0v) is 18.9. The molecule has 3 aromatic rings. The molecule has 1 aliphatic heterocycles. The predicted molar refractivity (Wildman–Crippen MR) is 119 cm³/mol. The molecule has 0 saturated carbocycles. The number of benzene rings is 1. The van der Waals surface area contributed by atoms with Gasteiger partial charge in [0.05, 0.1) is 6.33 Å². The summed E-state index contributed by atoms with van der Waals surface area (Å²) in [7, 11) is -0.274. The average molecular weight is 460 g/mol. The van der Waals surface area contributed by atoms with E-state index < -0.39 is 10.0 Å². The molecule has 2 aromatic heterocycles. The van der Waals surface area contributed by atoms with Gasteiger partial charge in [-0.25, -0.2) is 22.8 Å².